The summed E-state index contributed by atoms with van der Waals surface area (Å²) in [5, 5.41) is 1.30. The van der Waals surface area contributed by atoms with Gasteiger partial charge >= 0.3 is 0 Å². The molecule has 31 heavy (non-hydrogen) atoms. The minimum Gasteiger partial charge on any atom is -0.464 e. The Bertz CT molecular complexity index is 1350. The van der Waals surface area contributed by atoms with E-state index in [2.05, 4.69) is 57.3 Å². The van der Waals surface area contributed by atoms with E-state index >= 15 is 0 Å². The fourth-order valence-electron chi connectivity index (χ4n) is 4.62. The largest absolute Gasteiger partial charge is 0.464 e. The molecule has 0 saturated carbocycles. The number of anilines is 1. The lowest BCUT2D eigenvalue weighted by atomic mass is 9.95. The van der Waals surface area contributed by atoms with Gasteiger partial charge in [0, 0.05) is 41.1 Å². The van der Waals surface area contributed by atoms with Gasteiger partial charge in [0.1, 0.15) is 23.4 Å². The molecule has 1 aliphatic heterocycles. The highest BCUT2D eigenvalue weighted by Gasteiger charge is 2.34. The molecule has 0 bridgehead atoms. The van der Waals surface area contributed by atoms with Crippen molar-refractivity contribution < 1.29 is 4.42 Å². The number of aryl methyl sites for hydroxylation is 1. The molecule has 5 heteroatoms. The molecule has 0 spiro atoms. The number of aromatic nitrogens is 3. The number of para-hydroxylation sites is 1. The lowest BCUT2D eigenvalue weighted by molar-refractivity contribution is 0.443. The summed E-state index contributed by atoms with van der Waals surface area (Å²) in [7, 11) is 0. The lowest BCUT2D eigenvalue weighted by Gasteiger charge is -2.35. The predicted octanol–water partition coefficient (Wildman–Crippen LogP) is 5.68. The second-order valence-corrected chi connectivity index (χ2v) is 7.98. The number of benzene rings is 1. The maximum atomic E-state index is 6.12. The number of hydrogen-bond donors (Lipinski definition) is 1. The highest BCUT2D eigenvalue weighted by molar-refractivity contribution is 5.85. The summed E-state index contributed by atoms with van der Waals surface area (Å²) in [6, 6.07) is 22.7. The minimum absolute atomic E-state index is 0.0435. The van der Waals surface area contributed by atoms with Crippen molar-refractivity contribution in [2.24, 2.45) is 0 Å². The first-order valence-corrected chi connectivity index (χ1v) is 10.6. The van der Waals surface area contributed by atoms with E-state index in [0.29, 0.717) is 0 Å². The molecule has 1 unspecified atom stereocenters. The third kappa shape index (κ3) is 3.01. The number of aromatic amines is 1. The Labute approximate surface area is 180 Å². The SMILES string of the molecule is Cc1ccc(C2c3[nH]c4ccccc4c3CCN2c2ccc(-c3ccccn3)cn2)o1. The van der Waals surface area contributed by atoms with Gasteiger partial charge in [0.25, 0.3) is 0 Å². The van der Waals surface area contributed by atoms with Gasteiger partial charge in [0.2, 0.25) is 0 Å². The van der Waals surface area contributed by atoms with E-state index in [0.717, 1.165) is 41.6 Å². The van der Waals surface area contributed by atoms with Crippen LogP contribution in [0.2, 0.25) is 0 Å². The van der Waals surface area contributed by atoms with Crippen LogP contribution in [0.15, 0.2) is 83.5 Å². The Kier molecular flexibility index (Phi) is 4.13. The summed E-state index contributed by atoms with van der Waals surface area (Å²) in [6.07, 6.45) is 4.67. The van der Waals surface area contributed by atoms with Gasteiger partial charge in [0.05, 0.1) is 5.69 Å². The Hall–Kier alpha value is -3.86. The normalized spacial score (nSPS) is 15.9. The number of hydrogen-bond acceptors (Lipinski definition) is 4. The van der Waals surface area contributed by atoms with Gasteiger partial charge in [-0.25, -0.2) is 4.98 Å². The van der Waals surface area contributed by atoms with Gasteiger partial charge in [-0.15, -0.1) is 0 Å². The van der Waals surface area contributed by atoms with Crippen molar-refractivity contribution in [3.05, 3.63) is 102 Å². The van der Waals surface area contributed by atoms with Crippen LogP contribution < -0.4 is 4.90 Å². The molecule has 0 amide bonds. The zero-order valence-electron chi connectivity index (χ0n) is 17.2. The summed E-state index contributed by atoms with van der Waals surface area (Å²) in [6.45, 7) is 2.86. The predicted molar refractivity (Wildman–Crippen MR) is 122 cm³/mol. The van der Waals surface area contributed by atoms with E-state index in [1.54, 1.807) is 6.20 Å². The first-order valence-electron chi connectivity index (χ1n) is 10.6. The molecule has 0 radical (unpaired) electrons. The Morgan fingerprint density at radius 1 is 0.968 bits per heavy atom. The molecule has 0 saturated heterocycles. The zero-order chi connectivity index (χ0) is 20.8. The second kappa shape index (κ2) is 7.13. The van der Waals surface area contributed by atoms with E-state index in [1.165, 1.54) is 22.2 Å². The monoisotopic (exact) mass is 406 g/mol. The zero-order valence-corrected chi connectivity index (χ0v) is 17.2. The van der Waals surface area contributed by atoms with Crippen molar-refractivity contribution >= 4 is 16.7 Å². The van der Waals surface area contributed by atoms with Gasteiger partial charge < -0.3 is 14.3 Å². The summed E-state index contributed by atoms with van der Waals surface area (Å²) in [5.74, 6) is 2.78. The van der Waals surface area contributed by atoms with Gasteiger partial charge in [-0.3, -0.25) is 4.98 Å². The molecule has 0 aliphatic carbocycles. The number of fused-ring (bicyclic) bond motifs is 3. The Morgan fingerprint density at radius 3 is 2.65 bits per heavy atom. The maximum absolute atomic E-state index is 6.12. The van der Waals surface area contributed by atoms with Crippen molar-refractivity contribution in [1.29, 1.82) is 0 Å². The van der Waals surface area contributed by atoms with Crippen LogP contribution in [0.25, 0.3) is 22.2 Å². The molecule has 1 N–H and O–H groups in total. The van der Waals surface area contributed by atoms with Crippen LogP contribution in [0, 0.1) is 6.92 Å². The molecule has 5 heterocycles. The molecule has 5 nitrogen and oxygen atoms in total. The number of rotatable bonds is 3. The molecule has 5 aromatic rings. The lowest BCUT2D eigenvalue weighted by Crippen LogP contribution is -2.36. The third-order valence-electron chi connectivity index (χ3n) is 6.07. The van der Waals surface area contributed by atoms with Gasteiger partial charge in [-0.2, -0.15) is 0 Å². The van der Waals surface area contributed by atoms with Gasteiger partial charge in [-0.1, -0.05) is 24.3 Å². The molecular formula is C26H22N4O. The molecule has 6 rings (SSSR count). The molecule has 0 fully saturated rings. The van der Waals surface area contributed by atoms with Crippen LogP contribution >= 0.6 is 0 Å². The van der Waals surface area contributed by atoms with E-state index in [1.807, 2.05) is 37.4 Å². The molecule has 1 aliphatic rings. The van der Waals surface area contributed by atoms with Crippen molar-refractivity contribution in [3.8, 4) is 11.3 Å². The average Bonchev–Trinajstić information content (AvgIpc) is 3.42. The fourth-order valence-corrected chi connectivity index (χ4v) is 4.62. The maximum Gasteiger partial charge on any atom is 0.132 e. The highest BCUT2D eigenvalue weighted by atomic mass is 16.3. The highest BCUT2D eigenvalue weighted by Crippen LogP contribution is 2.40. The van der Waals surface area contributed by atoms with Crippen LogP contribution in [0.4, 0.5) is 5.82 Å². The van der Waals surface area contributed by atoms with Crippen LogP contribution in [-0.2, 0) is 6.42 Å². The molecule has 1 aromatic carbocycles. The summed E-state index contributed by atoms with van der Waals surface area (Å²) in [4.78, 5) is 15.3. The molecular weight excluding hydrogens is 384 g/mol. The average molecular weight is 406 g/mol. The van der Waals surface area contributed by atoms with Crippen molar-refractivity contribution in [2.45, 2.75) is 19.4 Å². The Balaban J connectivity index is 1.45. The smallest absolute Gasteiger partial charge is 0.132 e. The summed E-state index contributed by atoms with van der Waals surface area (Å²) >= 11 is 0. The van der Waals surface area contributed by atoms with E-state index < -0.39 is 0 Å². The third-order valence-corrected chi connectivity index (χ3v) is 6.07. The quantitative estimate of drug-likeness (QED) is 0.419. The Morgan fingerprint density at radius 2 is 1.87 bits per heavy atom. The van der Waals surface area contributed by atoms with Gasteiger partial charge in [-0.05, 0) is 61.4 Å². The number of furan rings is 1. The van der Waals surface area contributed by atoms with E-state index in [-0.39, 0.29) is 6.04 Å². The molecule has 4 aromatic heterocycles. The van der Waals surface area contributed by atoms with Crippen molar-refractivity contribution in [1.82, 2.24) is 15.0 Å². The minimum atomic E-state index is -0.0435. The molecule has 152 valence electrons. The van der Waals surface area contributed by atoms with E-state index in [4.69, 9.17) is 9.40 Å². The van der Waals surface area contributed by atoms with Crippen LogP contribution in [0.1, 0.15) is 28.8 Å². The van der Waals surface area contributed by atoms with Crippen LogP contribution in [0.5, 0.6) is 0 Å². The summed E-state index contributed by atoms with van der Waals surface area (Å²) in [5.41, 5.74) is 5.67. The molecule has 1 atom stereocenters. The van der Waals surface area contributed by atoms with Crippen molar-refractivity contribution in [2.75, 3.05) is 11.4 Å². The number of pyridine rings is 2. The first kappa shape index (κ1) is 18.0. The van der Waals surface area contributed by atoms with E-state index in [9.17, 15) is 0 Å². The topological polar surface area (TPSA) is 58.0 Å². The van der Waals surface area contributed by atoms with Crippen molar-refractivity contribution in [3.63, 3.8) is 0 Å². The second-order valence-electron chi connectivity index (χ2n) is 7.98. The number of nitrogens with zero attached hydrogens (tertiary/aromatic N) is 3. The fraction of sp³-hybridized carbons (Fsp3) is 0.154. The summed E-state index contributed by atoms with van der Waals surface area (Å²) < 4.78 is 6.12. The van der Waals surface area contributed by atoms with Gasteiger partial charge in [0.15, 0.2) is 0 Å². The number of H-pyrrole nitrogens is 1. The van der Waals surface area contributed by atoms with Crippen LogP contribution in [0.3, 0.4) is 0 Å². The number of nitrogens with one attached hydrogen (secondary N) is 1. The van der Waals surface area contributed by atoms with Crippen LogP contribution in [-0.4, -0.2) is 21.5 Å². The first-order chi connectivity index (χ1) is 15.3. The standard InChI is InChI=1S/C26H22N4O/c1-17-9-11-23(31-17)26-25-20(19-6-2-3-8-22(19)29-25)13-15-30(26)24-12-10-18(16-28-24)21-7-4-5-14-27-21/h2-12,14,16,26,29H,13,15H2,1H3.